The van der Waals surface area contributed by atoms with Gasteiger partial charge in [-0.05, 0) is 48.9 Å². The number of fused-ring (bicyclic) bond motifs is 1. The van der Waals surface area contributed by atoms with Crippen LogP contribution in [0.25, 0.3) is 11.4 Å². The number of piperidine rings is 1. The highest BCUT2D eigenvalue weighted by Gasteiger charge is 2.44. The summed E-state index contributed by atoms with van der Waals surface area (Å²) in [4.78, 5) is 84.9. The second kappa shape index (κ2) is 17.8. The molecule has 308 valence electrons. The number of hydrogen-bond acceptors (Lipinski definition) is 16. The van der Waals surface area contributed by atoms with Crippen molar-refractivity contribution in [2.75, 3.05) is 56.4 Å². The zero-order chi connectivity index (χ0) is 42.3. The van der Waals surface area contributed by atoms with Crippen LogP contribution in [0.2, 0.25) is 0 Å². The lowest BCUT2D eigenvalue weighted by molar-refractivity contribution is -0.136. The molecule has 1 fully saturated rings. The number of nitrogens with one attached hydrogen (secondary N) is 6. The second-order valence-corrected chi connectivity index (χ2v) is 13.4. The summed E-state index contributed by atoms with van der Waals surface area (Å²) < 4.78 is 12.9. The van der Waals surface area contributed by atoms with Crippen molar-refractivity contribution in [3.8, 4) is 17.1 Å². The highest BCUT2D eigenvalue weighted by atomic mass is 16.5. The number of hydrogen-bond donors (Lipinski definition) is 6. The molecule has 2 aliphatic rings. The lowest BCUT2D eigenvalue weighted by Gasteiger charge is -2.27. The van der Waals surface area contributed by atoms with Crippen LogP contribution in [0.4, 0.5) is 28.7 Å². The molecular weight excluding hydrogens is 779 g/mol. The van der Waals surface area contributed by atoms with E-state index < -0.39 is 35.6 Å². The van der Waals surface area contributed by atoms with Crippen LogP contribution >= 0.6 is 0 Å². The minimum Gasteiger partial charge on any atom is -0.494 e. The van der Waals surface area contributed by atoms with Gasteiger partial charge in [0.25, 0.3) is 23.6 Å². The predicted molar refractivity (Wildman–Crippen MR) is 214 cm³/mol. The summed E-state index contributed by atoms with van der Waals surface area (Å²) in [6, 6.07) is 13.8. The molecule has 1 saturated heterocycles. The molecule has 1 unspecified atom stereocenters. The molecule has 1 atom stereocenters. The number of para-hydroxylation sites is 1. The SMILES string of the molecule is CNC(=O)c1nnc(Nc2ccc(C(=O)NCCOCCNc3ccc4c(c3)C(=O)N(C3CCC(=O)NC3=O)C4=O)cn2)cc1Nc1cccc(-c2ncn(C)n2)c1OC. The minimum atomic E-state index is -1.04. The summed E-state index contributed by atoms with van der Waals surface area (Å²) in [5, 5.41) is 29.6. The molecule has 3 aromatic heterocycles. The van der Waals surface area contributed by atoms with E-state index in [1.54, 1.807) is 60.5 Å². The largest absolute Gasteiger partial charge is 0.494 e. The van der Waals surface area contributed by atoms with Crippen LogP contribution in [0.15, 0.2) is 67.1 Å². The van der Waals surface area contributed by atoms with Gasteiger partial charge in [0.15, 0.2) is 23.1 Å². The van der Waals surface area contributed by atoms with Crippen molar-refractivity contribution in [1.29, 1.82) is 0 Å². The van der Waals surface area contributed by atoms with Crippen LogP contribution < -0.4 is 36.6 Å². The predicted octanol–water partition coefficient (Wildman–Crippen LogP) is 1.78. The number of anilines is 5. The average Bonchev–Trinajstić information content (AvgIpc) is 3.79. The van der Waals surface area contributed by atoms with Gasteiger partial charge in [0, 0.05) is 51.6 Å². The van der Waals surface area contributed by atoms with Crippen molar-refractivity contribution in [3.63, 3.8) is 0 Å². The summed E-state index contributed by atoms with van der Waals surface area (Å²) in [7, 11) is 4.77. The van der Waals surface area contributed by atoms with Gasteiger partial charge in [0.1, 0.15) is 18.2 Å². The highest BCUT2D eigenvalue weighted by Crippen LogP contribution is 2.37. The summed E-state index contributed by atoms with van der Waals surface area (Å²) in [6.45, 7) is 1.08. The lowest BCUT2D eigenvalue weighted by atomic mass is 10.0. The van der Waals surface area contributed by atoms with E-state index in [1.165, 1.54) is 26.4 Å². The van der Waals surface area contributed by atoms with Crippen molar-refractivity contribution in [3.05, 3.63) is 89.5 Å². The number of ether oxygens (including phenoxy) is 2. The van der Waals surface area contributed by atoms with E-state index in [1.807, 2.05) is 6.07 Å². The van der Waals surface area contributed by atoms with Crippen molar-refractivity contribution >= 4 is 64.1 Å². The van der Waals surface area contributed by atoms with E-state index in [2.05, 4.69) is 57.2 Å². The van der Waals surface area contributed by atoms with Crippen LogP contribution in [0.5, 0.6) is 5.75 Å². The first kappa shape index (κ1) is 40.4. The molecule has 0 saturated carbocycles. The number of benzene rings is 2. The van der Waals surface area contributed by atoms with E-state index in [9.17, 15) is 28.8 Å². The molecular formula is C39H39N13O8. The molecule has 2 aliphatic heterocycles. The molecule has 5 aromatic rings. The molecule has 21 nitrogen and oxygen atoms in total. The van der Waals surface area contributed by atoms with E-state index in [0.29, 0.717) is 52.1 Å². The first-order chi connectivity index (χ1) is 29.0. The monoisotopic (exact) mass is 817 g/mol. The fourth-order valence-corrected chi connectivity index (χ4v) is 6.50. The molecule has 21 heteroatoms. The van der Waals surface area contributed by atoms with Gasteiger partial charge in [0.05, 0.1) is 54.0 Å². The third-order valence-corrected chi connectivity index (χ3v) is 9.39. The summed E-state index contributed by atoms with van der Waals surface area (Å²) in [5.41, 5.74) is 2.76. The van der Waals surface area contributed by atoms with Crippen molar-refractivity contribution in [2.45, 2.75) is 18.9 Å². The van der Waals surface area contributed by atoms with Crippen LogP contribution in [-0.2, 0) is 21.4 Å². The Labute approximate surface area is 341 Å². The topological polar surface area (TPSA) is 266 Å². The molecule has 5 heterocycles. The Morgan fingerprint density at radius 2 is 1.68 bits per heavy atom. The summed E-state index contributed by atoms with van der Waals surface area (Å²) in [5.74, 6) is -1.57. The van der Waals surface area contributed by atoms with E-state index in [4.69, 9.17) is 9.47 Å². The number of carbonyl (C=O) groups excluding carboxylic acids is 6. The lowest BCUT2D eigenvalue weighted by Crippen LogP contribution is -2.54. The smallest absolute Gasteiger partial charge is 0.273 e. The second-order valence-electron chi connectivity index (χ2n) is 13.4. The molecule has 6 N–H and O–H groups in total. The molecule has 7 rings (SSSR count). The van der Waals surface area contributed by atoms with Gasteiger partial charge in [-0.15, -0.1) is 10.2 Å². The van der Waals surface area contributed by atoms with Gasteiger partial charge in [0.2, 0.25) is 11.8 Å². The fraction of sp³-hybridized carbons (Fsp3) is 0.256. The van der Waals surface area contributed by atoms with Crippen molar-refractivity contribution in [1.82, 2.24) is 50.8 Å². The molecule has 0 bridgehead atoms. The standard InChI is InChI=1S/C39H39N13O8/c1-40-37(56)32-27(45-26-6-4-5-24(33(26)59-3)34-44-20-51(2)50-34)18-30(48-49-32)46-29-11-7-21(19-43-29)35(54)42-14-16-60-15-13-41-22-8-9-23-25(17-22)39(58)52(38(23)57)28-10-12-31(53)47-36(28)55/h4-9,11,17-20,28,41H,10,12-16H2,1-3H3,(H,40,56)(H,42,54)(H,47,53,55)(H2,43,45,46,48). The van der Waals surface area contributed by atoms with E-state index in [0.717, 1.165) is 4.90 Å². The maximum atomic E-state index is 13.1. The molecule has 0 aliphatic carbocycles. The quantitative estimate of drug-likeness (QED) is 0.0612. The van der Waals surface area contributed by atoms with Crippen molar-refractivity contribution in [2.24, 2.45) is 7.05 Å². The van der Waals surface area contributed by atoms with Gasteiger partial charge >= 0.3 is 0 Å². The first-order valence-electron chi connectivity index (χ1n) is 18.6. The Balaban J connectivity index is 0.880. The number of aromatic nitrogens is 6. The van der Waals surface area contributed by atoms with E-state index in [-0.39, 0.29) is 61.1 Å². The summed E-state index contributed by atoms with van der Waals surface area (Å²) >= 11 is 0. The Morgan fingerprint density at radius 3 is 2.42 bits per heavy atom. The third-order valence-electron chi connectivity index (χ3n) is 9.39. The molecule has 0 spiro atoms. The van der Waals surface area contributed by atoms with Crippen LogP contribution in [0, 0.1) is 0 Å². The third kappa shape index (κ3) is 8.69. The summed E-state index contributed by atoms with van der Waals surface area (Å²) in [6.07, 6.45) is 3.10. The Hall–Kier alpha value is -7.81. The van der Waals surface area contributed by atoms with Gasteiger partial charge in [-0.1, -0.05) is 6.07 Å². The zero-order valence-electron chi connectivity index (χ0n) is 32.6. The Bertz CT molecular complexity index is 2490. The maximum absolute atomic E-state index is 13.1. The Kier molecular flexibility index (Phi) is 12.0. The molecule has 2 aromatic carbocycles. The van der Waals surface area contributed by atoms with Gasteiger partial charge in [-0.2, -0.15) is 5.10 Å². The molecule has 60 heavy (non-hydrogen) atoms. The van der Waals surface area contributed by atoms with E-state index >= 15 is 0 Å². The highest BCUT2D eigenvalue weighted by molar-refractivity contribution is 6.23. The van der Waals surface area contributed by atoms with Gasteiger partial charge < -0.3 is 36.1 Å². The van der Waals surface area contributed by atoms with Gasteiger partial charge in [-0.25, -0.2) is 9.97 Å². The number of pyridine rings is 1. The number of methoxy groups -OCH3 is 1. The molecule has 0 radical (unpaired) electrons. The minimum absolute atomic E-state index is 0.0313. The Morgan fingerprint density at radius 1 is 0.867 bits per heavy atom. The molecule has 6 amide bonds. The normalized spacial score (nSPS) is 14.7. The van der Waals surface area contributed by atoms with Crippen LogP contribution in [0.1, 0.15) is 54.4 Å². The fourth-order valence-electron chi connectivity index (χ4n) is 6.50. The van der Waals surface area contributed by atoms with Crippen LogP contribution in [0.3, 0.4) is 0 Å². The number of rotatable bonds is 16. The number of amides is 6. The number of imide groups is 2. The van der Waals surface area contributed by atoms with Crippen LogP contribution in [-0.4, -0.2) is 117 Å². The maximum Gasteiger partial charge on any atom is 0.273 e. The zero-order valence-corrected chi connectivity index (χ0v) is 32.6. The average molecular weight is 818 g/mol. The van der Waals surface area contributed by atoms with Gasteiger partial charge in [-0.3, -0.25) is 43.7 Å². The number of carbonyl (C=O) groups is 6. The number of nitrogens with zero attached hydrogens (tertiary/aromatic N) is 7. The number of aryl methyl sites for hydroxylation is 1. The van der Waals surface area contributed by atoms with Crippen molar-refractivity contribution < 1.29 is 38.2 Å². The first-order valence-corrected chi connectivity index (χ1v) is 18.6.